The Hall–Kier alpha value is -2.08. The average Bonchev–Trinajstić information content (AvgIpc) is 2.41. The lowest BCUT2D eigenvalue weighted by atomic mass is 10.1. The van der Waals surface area contributed by atoms with Gasteiger partial charge in [0.15, 0.2) is 0 Å². The molecule has 3 heteroatoms. The van der Waals surface area contributed by atoms with E-state index in [-0.39, 0.29) is 11.5 Å². The van der Waals surface area contributed by atoms with E-state index in [1.54, 1.807) is 10.8 Å². The first-order valence-electron chi connectivity index (χ1n) is 6.17. The van der Waals surface area contributed by atoms with Crippen LogP contribution in [-0.4, -0.2) is 4.57 Å². The Morgan fingerprint density at radius 1 is 1.39 bits per heavy atom. The maximum Gasteiger partial charge on any atom is 0.258 e. The largest absolute Gasteiger partial charge is 0.314 e. The van der Waals surface area contributed by atoms with Crippen LogP contribution in [0.15, 0.2) is 35.3 Å². The summed E-state index contributed by atoms with van der Waals surface area (Å²) in [4.78, 5) is 12.2. The molecule has 92 valence electrons. The van der Waals surface area contributed by atoms with Crippen LogP contribution < -0.4 is 5.56 Å². The monoisotopic (exact) mass is 240 g/mol. The smallest absolute Gasteiger partial charge is 0.258 e. The van der Waals surface area contributed by atoms with E-state index >= 15 is 0 Å². The number of benzene rings is 1. The lowest BCUT2D eigenvalue weighted by molar-refractivity contribution is 0.567. The third-order valence-electron chi connectivity index (χ3n) is 3.14. The molecule has 1 atom stereocenters. The van der Waals surface area contributed by atoms with Crippen molar-refractivity contribution in [1.29, 1.82) is 5.26 Å². The molecule has 0 saturated heterocycles. The van der Waals surface area contributed by atoms with E-state index in [9.17, 15) is 4.79 Å². The quantitative estimate of drug-likeness (QED) is 0.828. The summed E-state index contributed by atoms with van der Waals surface area (Å²) in [6.07, 6.45) is 2.74. The molecule has 3 nitrogen and oxygen atoms in total. The lowest BCUT2D eigenvalue weighted by Gasteiger charge is -2.08. The first-order chi connectivity index (χ1) is 8.65. The molecule has 0 radical (unpaired) electrons. The predicted molar refractivity (Wildman–Crippen MR) is 72.4 cm³/mol. The SMILES string of the molecule is CCc1ccc2c(=O)n(CC(C)C#N)ccc2c1. The zero-order chi connectivity index (χ0) is 13.1. The van der Waals surface area contributed by atoms with Gasteiger partial charge in [-0.1, -0.05) is 19.1 Å². The number of hydrogen-bond donors (Lipinski definition) is 0. The summed E-state index contributed by atoms with van der Waals surface area (Å²) in [5, 5.41) is 10.5. The van der Waals surface area contributed by atoms with Gasteiger partial charge in [-0.15, -0.1) is 0 Å². The van der Waals surface area contributed by atoms with Crippen molar-refractivity contribution >= 4 is 10.8 Å². The van der Waals surface area contributed by atoms with E-state index in [1.165, 1.54) is 5.56 Å². The second-order valence-corrected chi connectivity index (χ2v) is 4.58. The lowest BCUT2D eigenvalue weighted by Crippen LogP contribution is -2.22. The second kappa shape index (κ2) is 5.05. The van der Waals surface area contributed by atoms with Gasteiger partial charge in [0.05, 0.1) is 12.0 Å². The predicted octanol–water partition coefficient (Wildman–Crippen LogP) is 2.72. The number of aryl methyl sites for hydroxylation is 1. The van der Waals surface area contributed by atoms with E-state index in [4.69, 9.17) is 5.26 Å². The Bertz CT molecular complexity index is 664. The van der Waals surface area contributed by atoms with Gasteiger partial charge in [-0.05, 0) is 36.4 Å². The highest BCUT2D eigenvalue weighted by Crippen LogP contribution is 2.13. The van der Waals surface area contributed by atoms with Crippen LogP contribution in [0.25, 0.3) is 10.8 Å². The van der Waals surface area contributed by atoms with Crippen molar-refractivity contribution in [2.24, 2.45) is 5.92 Å². The molecule has 0 saturated carbocycles. The first-order valence-corrected chi connectivity index (χ1v) is 6.17. The van der Waals surface area contributed by atoms with Crippen molar-refractivity contribution < 1.29 is 0 Å². The van der Waals surface area contributed by atoms with Gasteiger partial charge in [0.2, 0.25) is 0 Å². The maximum atomic E-state index is 12.2. The van der Waals surface area contributed by atoms with Crippen LogP contribution in [0.3, 0.4) is 0 Å². The van der Waals surface area contributed by atoms with E-state index in [0.29, 0.717) is 6.54 Å². The second-order valence-electron chi connectivity index (χ2n) is 4.58. The Balaban J connectivity index is 2.52. The van der Waals surface area contributed by atoms with E-state index in [1.807, 2.05) is 25.1 Å². The normalized spacial score (nSPS) is 12.3. The third kappa shape index (κ3) is 2.28. The van der Waals surface area contributed by atoms with Crippen molar-refractivity contribution in [3.63, 3.8) is 0 Å². The Kier molecular flexibility index (Phi) is 3.47. The van der Waals surface area contributed by atoms with Gasteiger partial charge in [0.1, 0.15) is 0 Å². The molecule has 0 aliphatic heterocycles. The van der Waals surface area contributed by atoms with Gasteiger partial charge >= 0.3 is 0 Å². The fourth-order valence-corrected chi connectivity index (χ4v) is 2.04. The molecule has 0 N–H and O–H groups in total. The van der Waals surface area contributed by atoms with Gasteiger partial charge in [0.25, 0.3) is 5.56 Å². The van der Waals surface area contributed by atoms with Crippen molar-refractivity contribution in [1.82, 2.24) is 4.57 Å². The number of nitriles is 1. The summed E-state index contributed by atoms with van der Waals surface area (Å²) < 4.78 is 1.61. The van der Waals surface area contributed by atoms with Crippen molar-refractivity contribution in [3.8, 4) is 6.07 Å². The van der Waals surface area contributed by atoms with Crippen LogP contribution in [0.2, 0.25) is 0 Å². The molecule has 2 aromatic rings. The molecule has 1 unspecified atom stereocenters. The molecule has 1 aromatic heterocycles. The van der Waals surface area contributed by atoms with Crippen molar-refractivity contribution in [2.45, 2.75) is 26.8 Å². The standard InChI is InChI=1S/C15H16N2O/c1-3-12-4-5-14-13(8-12)6-7-17(15(14)18)10-11(2)9-16/h4-8,11H,3,10H2,1-2H3. The summed E-state index contributed by atoms with van der Waals surface area (Å²) >= 11 is 0. The highest BCUT2D eigenvalue weighted by atomic mass is 16.1. The minimum atomic E-state index is -0.157. The fraction of sp³-hybridized carbons (Fsp3) is 0.333. The average molecular weight is 240 g/mol. The van der Waals surface area contributed by atoms with Gasteiger partial charge in [0, 0.05) is 18.1 Å². The summed E-state index contributed by atoms with van der Waals surface area (Å²) in [5.41, 5.74) is 1.21. The Labute approximate surface area is 106 Å². The van der Waals surface area contributed by atoms with E-state index < -0.39 is 0 Å². The molecule has 0 amide bonds. The molecular weight excluding hydrogens is 224 g/mol. The summed E-state index contributed by atoms with van der Waals surface area (Å²) in [7, 11) is 0. The summed E-state index contributed by atoms with van der Waals surface area (Å²) in [6, 6.07) is 10.0. The highest BCUT2D eigenvalue weighted by Gasteiger charge is 2.06. The van der Waals surface area contributed by atoms with Gasteiger partial charge in [-0.2, -0.15) is 5.26 Å². The first kappa shape index (κ1) is 12.4. The molecule has 1 aromatic carbocycles. The van der Waals surface area contributed by atoms with E-state index in [0.717, 1.165) is 17.2 Å². The number of rotatable bonds is 3. The summed E-state index contributed by atoms with van der Waals surface area (Å²) in [5.74, 6) is -0.157. The van der Waals surface area contributed by atoms with Crippen LogP contribution >= 0.6 is 0 Å². The Morgan fingerprint density at radius 2 is 2.17 bits per heavy atom. The maximum absolute atomic E-state index is 12.2. The number of fused-ring (bicyclic) bond motifs is 1. The minimum Gasteiger partial charge on any atom is -0.314 e. The molecule has 1 heterocycles. The van der Waals surface area contributed by atoms with Crippen LogP contribution in [0.5, 0.6) is 0 Å². The number of pyridine rings is 1. The topological polar surface area (TPSA) is 45.8 Å². The van der Waals surface area contributed by atoms with Crippen LogP contribution in [-0.2, 0) is 13.0 Å². The van der Waals surface area contributed by atoms with Crippen molar-refractivity contribution in [2.75, 3.05) is 0 Å². The minimum absolute atomic E-state index is 0.0164. The zero-order valence-electron chi connectivity index (χ0n) is 10.7. The molecule has 0 spiro atoms. The number of aromatic nitrogens is 1. The molecule has 18 heavy (non-hydrogen) atoms. The summed E-state index contributed by atoms with van der Waals surface area (Å²) in [6.45, 7) is 4.36. The fourth-order valence-electron chi connectivity index (χ4n) is 2.04. The number of hydrogen-bond acceptors (Lipinski definition) is 2. The zero-order valence-corrected chi connectivity index (χ0v) is 10.7. The third-order valence-corrected chi connectivity index (χ3v) is 3.14. The van der Waals surface area contributed by atoms with Crippen LogP contribution in [0.4, 0.5) is 0 Å². The van der Waals surface area contributed by atoms with Gasteiger partial charge < -0.3 is 4.57 Å². The number of nitrogens with zero attached hydrogens (tertiary/aromatic N) is 2. The van der Waals surface area contributed by atoms with Gasteiger partial charge in [-0.3, -0.25) is 4.79 Å². The Morgan fingerprint density at radius 3 is 2.83 bits per heavy atom. The highest BCUT2D eigenvalue weighted by molar-refractivity contribution is 5.82. The molecule has 0 aliphatic rings. The molecule has 0 fully saturated rings. The van der Waals surface area contributed by atoms with Gasteiger partial charge in [-0.25, -0.2) is 0 Å². The molecular formula is C15H16N2O. The van der Waals surface area contributed by atoms with Crippen LogP contribution in [0, 0.1) is 17.2 Å². The molecule has 2 rings (SSSR count). The van der Waals surface area contributed by atoms with Crippen molar-refractivity contribution in [3.05, 3.63) is 46.4 Å². The molecule has 0 aliphatic carbocycles. The van der Waals surface area contributed by atoms with Crippen LogP contribution in [0.1, 0.15) is 19.4 Å². The van der Waals surface area contributed by atoms with E-state index in [2.05, 4.69) is 19.1 Å². The molecule has 0 bridgehead atoms.